The van der Waals surface area contributed by atoms with Crippen LogP contribution in [0.25, 0.3) is 0 Å². The highest BCUT2D eigenvalue weighted by Crippen LogP contribution is 2.27. The zero-order valence-corrected chi connectivity index (χ0v) is 19.7. The molecule has 1 atom stereocenters. The second-order valence-electron chi connectivity index (χ2n) is 8.81. The summed E-state index contributed by atoms with van der Waals surface area (Å²) in [4.78, 5) is 47.8. The van der Waals surface area contributed by atoms with Gasteiger partial charge in [0.25, 0.3) is 5.91 Å². The van der Waals surface area contributed by atoms with Gasteiger partial charge in [-0.2, -0.15) is 0 Å². The van der Waals surface area contributed by atoms with E-state index in [-0.39, 0.29) is 18.2 Å². The fraction of sp³-hybridized carbons (Fsp3) is 0.462. The Balaban J connectivity index is 1.30. The van der Waals surface area contributed by atoms with Gasteiger partial charge in [0, 0.05) is 45.1 Å². The van der Waals surface area contributed by atoms with E-state index < -0.39 is 12.0 Å². The number of esters is 1. The molecule has 0 spiro atoms. The summed E-state index contributed by atoms with van der Waals surface area (Å²) in [5.41, 5.74) is 2.18. The van der Waals surface area contributed by atoms with Crippen molar-refractivity contribution in [2.24, 2.45) is 0 Å². The number of anilines is 1. The Kier molecular flexibility index (Phi) is 8.03. The van der Waals surface area contributed by atoms with Gasteiger partial charge >= 0.3 is 5.97 Å². The Labute approximate surface area is 200 Å². The average Bonchev–Trinajstić information content (AvgIpc) is 3.17. The third-order valence-electron chi connectivity index (χ3n) is 6.53. The number of benzene rings is 1. The first-order valence-corrected chi connectivity index (χ1v) is 12.1. The number of ether oxygens (including phenoxy) is 1. The van der Waals surface area contributed by atoms with Crippen molar-refractivity contribution in [1.82, 2.24) is 14.8 Å². The Morgan fingerprint density at radius 3 is 2.41 bits per heavy atom. The van der Waals surface area contributed by atoms with Crippen molar-refractivity contribution in [1.29, 1.82) is 0 Å². The van der Waals surface area contributed by atoms with Gasteiger partial charge in [-0.25, -0.2) is 9.69 Å². The van der Waals surface area contributed by atoms with Crippen LogP contribution in [0.1, 0.15) is 42.1 Å². The highest BCUT2D eigenvalue weighted by molar-refractivity contribution is 6.22. The number of piperazine rings is 1. The van der Waals surface area contributed by atoms with E-state index in [1.807, 2.05) is 31.5 Å². The number of carbonyl (C=O) groups is 3. The lowest BCUT2D eigenvalue weighted by Gasteiger charge is -2.37. The fourth-order valence-corrected chi connectivity index (χ4v) is 4.45. The van der Waals surface area contributed by atoms with Crippen LogP contribution in [-0.2, 0) is 20.7 Å². The normalized spacial score (nSPS) is 19.6. The van der Waals surface area contributed by atoms with E-state index in [2.05, 4.69) is 14.8 Å². The lowest BCUT2D eigenvalue weighted by atomic mass is 10.1. The van der Waals surface area contributed by atoms with Crippen LogP contribution in [0.2, 0.25) is 0 Å². The first-order chi connectivity index (χ1) is 16.6. The fourth-order valence-electron chi connectivity index (χ4n) is 4.45. The molecule has 1 aromatic carbocycles. The third-order valence-corrected chi connectivity index (χ3v) is 6.53. The van der Waals surface area contributed by atoms with Gasteiger partial charge < -0.3 is 9.64 Å². The Morgan fingerprint density at radius 2 is 1.74 bits per heavy atom. The van der Waals surface area contributed by atoms with Crippen LogP contribution in [0.4, 0.5) is 5.69 Å². The molecule has 0 radical (unpaired) electrons. The molecular weight excluding hydrogens is 432 g/mol. The zero-order chi connectivity index (χ0) is 23.9. The lowest BCUT2D eigenvalue weighted by molar-refractivity contribution is -0.123. The molecule has 3 heterocycles. The number of carbonyl (C=O) groups excluding carboxylic acids is 3. The van der Waals surface area contributed by atoms with Crippen LogP contribution < -0.4 is 4.90 Å². The molecule has 8 heteroatoms. The van der Waals surface area contributed by atoms with Gasteiger partial charge in [-0.05, 0) is 54.8 Å². The molecule has 2 amide bonds. The molecule has 0 unspecified atom stereocenters. The summed E-state index contributed by atoms with van der Waals surface area (Å²) in [6.45, 7) is 6.65. The van der Waals surface area contributed by atoms with Crippen molar-refractivity contribution in [3.63, 3.8) is 0 Å². The molecule has 0 aliphatic carbocycles. The molecule has 0 bridgehead atoms. The predicted octanol–water partition coefficient (Wildman–Crippen LogP) is 2.53. The van der Waals surface area contributed by atoms with E-state index in [0.717, 1.165) is 52.0 Å². The highest BCUT2D eigenvalue weighted by Gasteiger charge is 2.43. The van der Waals surface area contributed by atoms with Crippen molar-refractivity contribution in [3.05, 3.63) is 59.9 Å². The smallest absolute Gasteiger partial charge is 0.338 e. The Hall–Kier alpha value is -3.10. The van der Waals surface area contributed by atoms with E-state index in [0.29, 0.717) is 17.9 Å². The summed E-state index contributed by atoms with van der Waals surface area (Å²) in [6, 6.07) is 10.2. The number of nitrogens with zero attached hydrogens (tertiary/aromatic N) is 4. The number of pyridine rings is 1. The van der Waals surface area contributed by atoms with E-state index in [4.69, 9.17) is 4.74 Å². The molecule has 2 aromatic rings. The number of rotatable bonds is 9. The second kappa shape index (κ2) is 11.4. The zero-order valence-electron chi connectivity index (χ0n) is 19.7. The van der Waals surface area contributed by atoms with E-state index in [9.17, 15) is 14.4 Å². The first-order valence-electron chi connectivity index (χ1n) is 12.1. The largest absolute Gasteiger partial charge is 0.462 e. The number of hydrogen-bond acceptors (Lipinski definition) is 7. The van der Waals surface area contributed by atoms with Crippen LogP contribution in [0, 0.1) is 0 Å². The van der Waals surface area contributed by atoms with Crippen molar-refractivity contribution >= 4 is 23.5 Å². The molecule has 2 saturated heterocycles. The second-order valence-corrected chi connectivity index (χ2v) is 8.81. The van der Waals surface area contributed by atoms with Crippen LogP contribution in [0.5, 0.6) is 0 Å². The number of aromatic nitrogens is 1. The van der Waals surface area contributed by atoms with Gasteiger partial charge in [-0.15, -0.1) is 0 Å². The third kappa shape index (κ3) is 5.69. The number of amides is 2. The summed E-state index contributed by atoms with van der Waals surface area (Å²) in [5.74, 6) is -0.777. The molecule has 0 N–H and O–H groups in total. The van der Waals surface area contributed by atoms with Gasteiger partial charge in [0.15, 0.2) is 0 Å². The molecule has 180 valence electrons. The van der Waals surface area contributed by atoms with E-state index in [1.54, 1.807) is 24.3 Å². The van der Waals surface area contributed by atoms with Gasteiger partial charge in [-0.1, -0.05) is 13.3 Å². The Morgan fingerprint density at radius 1 is 1.03 bits per heavy atom. The van der Waals surface area contributed by atoms with Crippen molar-refractivity contribution in [2.75, 3.05) is 44.2 Å². The molecule has 8 nitrogen and oxygen atoms in total. The summed E-state index contributed by atoms with van der Waals surface area (Å²) in [6.07, 6.45) is 6.56. The van der Waals surface area contributed by atoms with Gasteiger partial charge in [0.2, 0.25) is 5.91 Å². The maximum atomic E-state index is 13.2. The predicted molar refractivity (Wildman–Crippen MR) is 128 cm³/mol. The number of imide groups is 1. The van der Waals surface area contributed by atoms with Gasteiger partial charge in [-0.3, -0.25) is 19.5 Å². The minimum absolute atomic E-state index is 0.187. The molecule has 2 aliphatic rings. The highest BCUT2D eigenvalue weighted by atomic mass is 16.5. The van der Waals surface area contributed by atoms with Crippen molar-refractivity contribution < 1.29 is 19.1 Å². The lowest BCUT2D eigenvalue weighted by Crippen LogP contribution is -2.52. The number of unbranched alkanes of at least 4 members (excludes halogenated alkanes) is 1. The quantitative estimate of drug-likeness (QED) is 0.320. The maximum Gasteiger partial charge on any atom is 0.338 e. The summed E-state index contributed by atoms with van der Waals surface area (Å²) < 4.78 is 5.22. The average molecular weight is 465 g/mol. The van der Waals surface area contributed by atoms with Crippen molar-refractivity contribution in [2.45, 2.75) is 38.6 Å². The van der Waals surface area contributed by atoms with Crippen LogP contribution in [-0.4, -0.2) is 77.9 Å². The molecule has 2 fully saturated rings. The van der Waals surface area contributed by atoms with Crippen molar-refractivity contribution in [3.8, 4) is 0 Å². The van der Waals surface area contributed by atoms with E-state index >= 15 is 0 Å². The summed E-state index contributed by atoms with van der Waals surface area (Å²) >= 11 is 0. The maximum absolute atomic E-state index is 13.2. The van der Waals surface area contributed by atoms with E-state index in [1.165, 1.54) is 10.5 Å². The molecular formula is C26H32N4O4. The first kappa shape index (κ1) is 24.0. The van der Waals surface area contributed by atoms with Crippen LogP contribution >= 0.6 is 0 Å². The molecule has 1 aromatic heterocycles. The minimum Gasteiger partial charge on any atom is -0.462 e. The van der Waals surface area contributed by atoms with Crippen LogP contribution in [0.3, 0.4) is 0 Å². The Bertz CT molecular complexity index is 988. The summed E-state index contributed by atoms with van der Waals surface area (Å²) in [5, 5.41) is 0. The molecule has 34 heavy (non-hydrogen) atoms. The molecule has 4 rings (SSSR count). The molecule has 0 saturated carbocycles. The van der Waals surface area contributed by atoms with Crippen LogP contribution in [0.15, 0.2) is 48.8 Å². The summed E-state index contributed by atoms with van der Waals surface area (Å²) in [7, 11) is 0. The van der Waals surface area contributed by atoms with Gasteiger partial charge in [0.05, 0.1) is 30.3 Å². The SMILES string of the molecule is CCCCOC(=O)c1ccc(N2C(=O)C[C@@H](N3CCN(CCc4ccncc4)CC3)C2=O)cc1. The number of hydrogen-bond donors (Lipinski definition) is 0. The minimum atomic E-state index is -0.423. The van der Waals surface area contributed by atoms with Gasteiger partial charge in [0.1, 0.15) is 0 Å². The topological polar surface area (TPSA) is 83.1 Å². The monoisotopic (exact) mass is 464 g/mol. The molecule has 2 aliphatic heterocycles. The standard InChI is InChI=1S/C26H32N4O4/c1-2-3-18-34-26(33)21-4-6-22(7-5-21)30-24(31)19-23(25(30)32)29-16-14-28(15-17-29)13-10-20-8-11-27-12-9-20/h4-9,11-12,23H,2-3,10,13-19H2,1H3/t23-/m1/s1.